The molecule has 0 radical (unpaired) electrons. The molecule has 66 valence electrons. The first kappa shape index (κ1) is 9.78. The summed E-state index contributed by atoms with van der Waals surface area (Å²) in [7, 11) is 0. The van der Waals surface area contributed by atoms with Gasteiger partial charge in [-0.1, -0.05) is 23.2 Å². The highest BCUT2D eigenvalue weighted by molar-refractivity contribution is 6.35. The predicted molar refractivity (Wildman–Crippen MR) is 47.7 cm³/mol. The van der Waals surface area contributed by atoms with Crippen molar-refractivity contribution in [2.75, 3.05) is 0 Å². The molecule has 0 saturated carbocycles. The molecule has 0 bridgehead atoms. The van der Waals surface area contributed by atoms with Gasteiger partial charge in [0.05, 0.1) is 10.0 Å². The lowest BCUT2D eigenvalue weighted by molar-refractivity contribution is -0.420. The van der Waals surface area contributed by atoms with Gasteiger partial charge in [0.25, 0.3) is 0 Å². The van der Waals surface area contributed by atoms with Crippen LogP contribution in [0.15, 0.2) is 12.1 Å². The fourth-order valence-electron chi connectivity index (χ4n) is 0.916. The van der Waals surface area contributed by atoms with Crippen LogP contribution >= 0.6 is 23.2 Å². The van der Waals surface area contributed by atoms with Gasteiger partial charge in [-0.2, -0.15) is 0 Å². The second kappa shape index (κ2) is 3.60. The summed E-state index contributed by atoms with van der Waals surface area (Å²) in [5, 5.41) is 0.508. The summed E-state index contributed by atoms with van der Waals surface area (Å²) in [6.07, 6.45) is 0. The maximum Gasteiger partial charge on any atom is 0.142 e. The van der Waals surface area contributed by atoms with Crippen LogP contribution in [0.1, 0.15) is 18.5 Å². The molecule has 1 atom stereocenters. The Morgan fingerprint density at radius 2 is 1.92 bits per heavy atom. The van der Waals surface area contributed by atoms with Gasteiger partial charge in [0.1, 0.15) is 11.9 Å². The average molecular weight is 209 g/mol. The third kappa shape index (κ3) is 1.89. The molecule has 0 spiro atoms. The summed E-state index contributed by atoms with van der Waals surface area (Å²) in [6.45, 7) is 1.84. The van der Waals surface area contributed by atoms with Gasteiger partial charge in [0, 0.05) is 5.56 Å². The first-order valence-corrected chi connectivity index (χ1v) is 4.25. The van der Waals surface area contributed by atoms with E-state index in [1.165, 1.54) is 12.1 Å². The second-order valence-electron chi connectivity index (χ2n) is 2.69. The van der Waals surface area contributed by atoms with E-state index in [-0.39, 0.29) is 11.1 Å². The van der Waals surface area contributed by atoms with Crippen molar-refractivity contribution in [1.29, 1.82) is 0 Å². The van der Waals surface area contributed by atoms with Crippen molar-refractivity contribution in [2.45, 2.75) is 13.0 Å². The van der Waals surface area contributed by atoms with Gasteiger partial charge in [0.2, 0.25) is 0 Å². The van der Waals surface area contributed by atoms with Crippen LogP contribution < -0.4 is 5.73 Å². The Balaban J connectivity index is 3.23. The van der Waals surface area contributed by atoms with Gasteiger partial charge < -0.3 is 5.73 Å². The van der Waals surface area contributed by atoms with E-state index >= 15 is 0 Å². The zero-order valence-electron chi connectivity index (χ0n) is 6.57. The maximum atomic E-state index is 12.9. The first-order chi connectivity index (χ1) is 5.52. The molecule has 0 fully saturated rings. The number of hydrogen-bond acceptors (Lipinski definition) is 0. The van der Waals surface area contributed by atoms with Gasteiger partial charge >= 0.3 is 0 Å². The summed E-state index contributed by atoms with van der Waals surface area (Å²) in [6, 6.07) is 2.68. The van der Waals surface area contributed by atoms with E-state index in [1.807, 2.05) is 6.92 Å². The summed E-state index contributed by atoms with van der Waals surface area (Å²) >= 11 is 11.3. The highest BCUT2D eigenvalue weighted by Gasteiger charge is 2.11. The van der Waals surface area contributed by atoms with Crippen LogP contribution in [-0.2, 0) is 0 Å². The fraction of sp³-hybridized carbons (Fsp3) is 0.250. The van der Waals surface area contributed by atoms with Crippen molar-refractivity contribution >= 4 is 23.2 Å². The average Bonchev–Trinajstić information content (AvgIpc) is 1.96. The lowest BCUT2D eigenvalue weighted by atomic mass is 10.1. The summed E-state index contributed by atoms with van der Waals surface area (Å²) < 4.78 is 12.9. The maximum absolute atomic E-state index is 12.9. The van der Waals surface area contributed by atoms with Crippen molar-refractivity contribution in [1.82, 2.24) is 0 Å². The van der Waals surface area contributed by atoms with Crippen LogP contribution in [0.4, 0.5) is 4.39 Å². The SMILES string of the molecule is C[C@H]([NH3+])c1cc(F)c(Cl)cc1Cl. The topological polar surface area (TPSA) is 27.6 Å². The zero-order valence-corrected chi connectivity index (χ0v) is 8.08. The lowest BCUT2D eigenvalue weighted by Gasteiger charge is -2.05. The van der Waals surface area contributed by atoms with Crippen molar-refractivity contribution in [3.63, 3.8) is 0 Å². The van der Waals surface area contributed by atoms with E-state index in [4.69, 9.17) is 23.2 Å². The van der Waals surface area contributed by atoms with Crippen LogP contribution in [0.5, 0.6) is 0 Å². The second-order valence-corrected chi connectivity index (χ2v) is 3.50. The molecule has 1 rings (SSSR count). The molecular formula is C8H9Cl2FN+. The molecule has 1 aromatic carbocycles. The third-order valence-electron chi connectivity index (χ3n) is 1.57. The van der Waals surface area contributed by atoms with E-state index in [2.05, 4.69) is 5.73 Å². The molecule has 0 amide bonds. The standard InChI is InChI=1S/C8H8Cl2FN/c1-4(12)5-2-8(11)7(10)3-6(5)9/h2-4H,12H2,1H3/p+1/t4-/m0/s1. The van der Waals surface area contributed by atoms with Crippen molar-refractivity contribution in [2.24, 2.45) is 0 Å². The Kier molecular flexibility index (Phi) is 2.94. The van der Waals surface area contributed by atoms with Crippen molar-refractivity contribution in [3.8, 4) is 0 Å². The smallest absolute Gasteiger partial charge is 0.142 e. The molecule has 1 aromatic rings. The predicted octanol–water partition coefficient (Wildman–Crippen LogP) is 2.44. The van der Waals surface area contributed by atoms with E-state index in [9.17, 15) is 4.39 Å². The molecule has 0 aliphatic rings. The summed E-state index contributed by atoms with van der Waals surface area (Å²) in [5.74, 6) is -0.452. The Bertz CT molecular complexity index is 299. The fourth-order valence-corrected chi connectivity index (χ4v) is 1.49. The molecule has 0 aromatic heterocycles. The van der Waals surface area contributed by atoms with Crippen LogP contribution in [0, 0.1) is 5.82 Å². The Labute approximate surface area is 80.3 Å². The highest BCUT2D eigenvalue weighted by atomic mass is 35.5. The van der Waals surface area contributed by atoms with Gasteiger partial charge in [-0.3, -0.25) is 0 Å². The van der Waals surface area contributed by atoms with E-state index in [0.29, 0.717) is 10.6 Å². The molecular weight excluding hydrogens is 200 g/mol. The van der Waals surface area contributed by atoms with Crippen LogP contribution in [-0.4, -0.2) is 0 Å². The molecule has 0 heterocycles. The van der Waals surface area contributed by atoms with Gasteiger partial charge in [0.15, 0.2) is 0 Å². The van der Waals surface area contributed by atoms with Crippen molar-refractivity contribution < 1.29 is 10.1 Å². The minimum atomic E-state index is -0.452. The molecule has 0 aliphatic heterocycles. The number of benzene rings is 1. The summed E-state index contributed by atoms with van der Waals surface area (Å²) in [4.78, 5) is 0. The van der Waals surface area contributed by atoms with Crippen LogP contribution in [0.3, 0.4) is 0 Å². The van der Waals surface area contributed by atoms with Crippen LogP contribution in [0.2, 0.25) is 10.0 Å². The van der Waals surface area contributed by atoms with Gasteiger partial charge in [-0.25, -0.2) is 4.39 Å². The third-order valence-corrected chi connectivity index (χ3v) is 2.19. The number of rotatable bonds is 1. The highest BCUT2D eigenvalue weighted by Crippen LogP contribution is 2.26. The number of quaternary nitrogens is 1. The molecule has 0 aliphatic carbocycles. The first-order valence-electron chi connectivity index (χ1n) is 3.50. The molecule has 0 unspecified atom stereocenters. The van der Waals surface area contributed by atoms with Gasteiger partial charge in [-0.05, 0) is 19.1 Å². The monoisotopic (exact) mass is 208 g/mol. The van der Waals surface area contributed by atoms with E-state index < -0.39 is 5.82 Å². The van der Waals surface area contributed by atoms with Gasteiger partial charge in [-0.15, -0.1) is 0 Å². The molecule has 0 saturated heterocycles. The Hall–Kier alpha value is -0.310. The quantitative estimate of drug-likeness (QED) is 0.688. The minimum absolute atomic E-state index is 0.0377. The lowest BCUT2D eigenvalue weighted by Crippen LogP contribution is -2.51. The zero-order chi connectivity index (χ0) is 9.30. The Morgan fingerprint density at radius 3 is 2.42 bits per heavy atom. The molecule has 3 N–H and O–H groups in total. The van der Waals surface area contributed by atoms with Crippen molar-refractivity contribution in [3.05, 3.63) is 33.6 Å². The minimum Gasteiger partial charge on any atom is -0.352 e. The number of hydrogen-bond donors (Lipinski definition) is 1. The molecule has 1 nitrogen and oxygen atoms in total. The normalized spacial score (nSPS) is 13.1. The van der Waals surface area contributed by atoms with E-state index in [1.54, 1.807) is 0 Å². The van der Waals surface area contributed by atoms with Crippen LogP contribution in [0.25, 0.3) is 0 Å². The number of halogens is 3. The summed E-state index contributed by atoms with van der Waals surface area (Å²) in [5.41, 5.74) is 4.43. The molecule has 4 heteroatoms. The Morgan fingerprint density at radius 1 is 1.33 bits per heavy atom. The molecule has 12 heavy (non-hydrogen) atoms. The van der Waals surface area contributed by atoms with E-state index in [0.717, 1.165) is 0 Å². The largest absolute Gasteiger partial charge is 0.352 e.